The molecule has 40 heavy (non-hydrogen) atoms. The highest BCUT2D eigenvalue weighted by Gasteiger charge is 2.51. The minimum absolute atomic E-state index is 0.0585. The molecule has 0 bridgehead atoms. The first-order valence-electron chi connectivity index (χ1n) is 15.1. The predicted octanol–water partition coefficient (Wildman–Crippen LogP) is 5.06. The van der Waals surface area contributed by atoms with E-state index in [9.17, 15) is 5.26 Å². The summed E-state index contributed by atoms with van der Waals surface area (Å²) in [6.07, 6.45) is 8.30. The van der Waals surface area contributed by atoms with Gasteiger partial charge in [0, 0.05) is 53.8 Å². The predicted molar refractivity (Wildman–Crippen MR) is 153 cm³/mol. The third-order valence-electron chi connectivity index (χ3n) is 10.3. The second-order valence-corrected chi connectivity index (χ2v) is 12.8. The van der Waals surface area contributed by atoms with Crippen LogP contribution in [0.5, 0.6) is 6.01 Å². The number of alkyl halides is 1. The molecular formula is C31H38ClFN6O. The molecule has 7 rings (SSSR count). The van der Waals surface area contributed by atoms with Gasteiger partial charge in [-0.3, -0.25) is 4.90 Å². The number of halogens is 2. The molecule has 7 nitrogen and oxygen atoms in total. The van der Waals surface area contributed by atoms with E-state index in [4.69, 9.17) is 26.3 Å². The van der Waals surface area contributed by atoms with Crippen molar-refractivity contribution in [1.82, 2.24) is 20.2 Å². The number of likely N-dealkylation sites (tertiary alicyclic amines) is 1. The maximum Gasteiger partial charge on any atom is 0.318 e. The Kier molecular flexibility index (Phi) is 7.10. The number of nitrogens with one attached hydrogen (secondary N) is 1. The number of ether oxygens (including phenoxy) is 1. The number of benzene rings is 1. The number of nitriles is 1. The second-order valence-electron chi connectivity index (χ2n) is 12.4. The van der Waals surface area contributed by atoms with E-state index in [1.807, 2.05) is 12.1 Å². The van der Waals surface area contributed by atoms with Crippen LogP contribution in [0.3, 0.4) is 0 Å². The number of anilines is 1. The molecule has 1 saturated carbocycles. The lowest BCUT2D eigenvalue weighted by Crippen LogP contribution is -2.51. The van der Waals surface area contributed by atoms with Crippen molar-refractivity contribution in [3.05, 3.63) is 45.6 Å². The molecule has 1 aromatic heterocycles. The van der Waals surface area contributed by atoms with E-state index in [-0.39, 0.29) is 12.1 Å². The molecule has 0 radical (unpaired) electrons. The molecule has 4 atom stereocenters. The van der Waals surface area contributed by atoms with Crippen LogP contribution in [0.4, 0.5) is 10.2 Å². The topological polar surface area (TPSA) is 77.3 Å². The molecule has 3 fully saturated rings. The highest BCUT2D eigenvalue weighted by molar-refractivity contribution is 6.31. The average Bonchev–Trinajstić information content (AvgIpc) is 3.55. The summed E-state index contributed by atoms with van der Waals surface area (Å²) in [5.41, 5.74) is 2.89. The zero-order chi connectivity index (χ0) is 27.3. The lowest BCUT2D eigenvalue weighted by atomic mass is 9.68. The zero-order valence-electron chi connectivity index (χ0n) is 23.0. The summed E-state index contributed by atoms with van der Waals surface area (Å²) in [7, 11) is 0. The van der Waals surface area contributed by atoms with Gasteiger partial charge in [0.2, 0.25) is 0 Å². The molecule has 2 saturated heterocycles. The summed E-state index contributed by atoms with van der Waals surface area (Å²) in [6, 6.07) is 9.59. The Labute approximate surface area is 241 Å². The molecule has 2 aromatic rings. The Morgan fingerprint density at radius 1 is 1.12 bits per heavy atom. The maximum atomic E-state index is 17.0. The Morgan fingerprint density at radius 3 is 2.77 bits per heavy atom. The third-order valence-corrected chi connectivity index (χ3v) is 10.6. The van der Waals surface area contributed by atoms with E-state index in [1.54, 1.807) is 0 Å². The number of rotatable bonds is 6. The number of hydrogen-bond acceptors (Lipinski definition) is 7. The monoisotopic (exact) mass is 564 g/mol. The highest BCUT2D eigenvalue weighted by atomic mass is 35.5. The molecule has 3 heterocycles. The molecule has 5 aliphatic rings. The third kappa shape index (κ3) is 4.45. The smallest absolute Gasteiger partial charge is 0.318 e. The van der Waals surface area contributed by atoms with Crippen molar-refractivity contribution in [1.29, 1.82) is 5.26 Å². The molecule has 1 aromatic carbocycles. The molecule has 212 valence electrons. The first-order chi connectivity index (χ1) is 19.6. The summed E-state index contributed by atoms with van der Waals surface area (Å²) in [6.45, 7) is 3.84. The van der Waals surface area contributed by atoms with Crippen LogP contribution < -0.4 is 15.0 Å². The van der Waals surface area contributed by atoms with Crippen molar-refractivity contribution in [2.45, 2.75) is 93.9 Å². The first-order valence-corrected chi connectivity index (χ1v) is 15.5. The van der Waals surface area contributed by atoms with Crippen LogP contribution in [0.1, 0.15) is 79.9 Å². The minimum atomic E-state index is -1.25. The summed E-state index contributed by atoms with van der Waals surface area (Å²) in [4.78, 5) is 14.6. The lowest BCUT2D eigenvalue weighted by Gasteiger charge is -2.41. The molecule has 0 amide bonds. The number of hydrogen-bond donors (Lipinski definition) is 1. The normalized spacial score (nSPS) is 30.1. The van der Waals surface area contributed by atoms with E-state index >= 15 is 4.39 Å². The van der Waals surface area contributed by atoms with Crippen molar-refractivity contribution < 1.29 is 9.13 Å². The fourth-order valence-electron chi connectivity index (χ4n) is 7.94. The van der Waals surface area contributed by atoms with Crippen molar-refractivity contribution in [3.63, 3.8) is 0 Å². The number of aromatic nitrogens is 2. The minimum Gasteiger partial charge on any atom is -0.462 e. The van der Waals surface area contributed by atoms with E-state index in [1.165, 1.54) is 25.7 Å². The van der Waals surface area contributed by atoms with Gasteiger partial charge in [0.15, 0.2) is 6.17 Å². The van der Waals surface area contributed by atoms with Crippen molar-refractivity contribution in [3.8, 4) is 12.1 Å². The number of fused-ring (bicyclic) bond motifs is 3. The molecule has 1 N–H and O–H groups in total. The van der Waals surface area contributed by atoms with E-state index in [0.717, 1.165) is 66.4 Å². The SMILES string of the molecule is N#CC[C@H]1CN(c2nc(OC[C@@H]3CCCN3C3CCC3)nc3c2CC[C@@]2(CCc4c(Cl)cccc42)[C@H]3F)CCN1. The van der Waals surface area contributed by atoms with Crippen molar-refractivity contribution in [2.24, 2.45) is 0 Å². The van der Waals surface area contributed by atoms with Gasteiger partial charge in [-0.2, -0.15) is 15.2 Å². The van der Waals surface area contributed by atoms with E-state index in [2.05, 4.69) is 27.3 Å². The van der Waals surface area contributed by atoms with Crippen LogP contribution in [-0.2, 0) is 18.3 Å². The Bertz CT molecular complexity index is 1310. The fraction of sp³-hybridized carbons (Fsp3) is 0.645. The summed E-state index contributed by atoms with van der Waals surface area (Å²) < 4.78 is 23.3. The van der Waals surface area contributed by atoms with Crippen LogP contribution in [0.15, 0.2) is 18.2 Å². The largest absolute Gasteiger partial charge is 0.462 e. The molecular weight excluding hydrogens is 527 g/mol. The molecule has 3 aliphatic carbocycles. The number of nitrogens with zero attached hydrogens (tertiary/aromatic N) is 5. The molecule has 2 aliphatic heterocycles. The number of piperazine rings is 1. The van der Waals surface area contributed by atoms with Gasteiger partial charge in [-0.15, -0.1) is 0 Å². The summed E-state index contributed by atoms with van der Waals surface area (Å²) in [5, 5.41) is 13.5. The Balaban J connectivity index is 1.22. The fourth-order valence-corrected chi connectivity index (χ4v) is 8.21. The first kappa shape index (κ1) is 26.4. The van der Waals surface area contributed by atoms with Gasteiger partial charge in [-0.25, -0.2) is 4.39 Å². The van der Waals surface area contributed by atoms with Gasteiger partial charge in [-0.1, -0.05) is 30.2 Å². The molecule has 9 heteroatoms. The summed E-state index contributed by atoms with van der Waals surface area (Å²) >= 11 is 6.56. The van der Waals surface area contributed by atoms with Gasteiger partial charge >= 0.3 is 6.01 Å². The van der Waals surface area contributed by atoms with Crippen molar-refractivity contribution >= 4 is 17.4 Å². The van der Waals surface area contributed by atoms with E-state index in [0.29, 0.717) is 50.2 Å². The molecule has 0 unspecified atom stereocenters. The van der Waals surface area contributed by atoms with Gasteiger partial charge in [-0.05, 0) is 75.1 Å². The quantitative estimate of drug-likeness (QED) is 0.525. The van der Waals surface area contributed by atoms with Gasteiger partial charge in [0.05, 0.1) is 18.2 Å². The standard InChI is InChI=1S/C31H38ClFN6O/c32-26-8-2-7-25-23(26)9-12-31(25)13-10-24-27(28(31)33)36-30(37-29(24)38-17-15-35-20(18-38)11-14-34)40-19-22-6-3-16-39(22)21-4-1-5-21/h2,7-8,20-22,28,35H,1,3-6,9-13,15-19H2/t20-,22-,28-,31+/m0/s1. The summed E-state index contributed by atoms with van der Waals surface area (Å²) in [5.74, 6) is 0.786. The Hall–Kier alpha value is -2.47. The maximum absolute atomic E-state index is 17.0. The van der Waals surface area contributed by atoms with Crippen LogP contribution in [0, 0.1) is 11.3 Å². The Morgan fingerprint density at radius 2 is 1.98 bits per heavy atom. The molecule has 1 spiro atoms. The highest BCUT2D eigenvalue weighted by Crippen LogP contribution is 2.56. The van der Waals surface area contributed by atoms with E-state index < -0.39 is 11.6 Å². The zero-order valence-corrected chi connectivity index (χ0v) is 23.8. The van der Waals surface area contributed by atoms with Gasteiger partial charge in [0.25, 0.3) is 0 Å². The van der Waals surface area contributed by atoms with Crippen LogP contribution >= 0.6 is 11.6 Å². The van der Waals surface area contributed by atoms with Crippen LogP contribution in [-0.4, -0.2) is 65.8 Å². The van der Waals surface area contributed by atoms with Crippen LogP contribution in [0.2, 0.25) is 5.02 Å². The van der Waals surface area contributed by atoms with Crippen LogP contribution in [0.25, 0.3) is 0 Å². The van der Waals surface area contributed by atoms with Crippen molar-refractivity contribution in [2.75, 3.05) is 37.7 Å². The second kappa shape index (κ2) is 10.7. The lowest BCUT2D eigenvalue weighted by molar-refractivity contribution is 0.0816. The van der Waals surface area contributed by atoms with Gasteiger partial charge in [0.1, 0.15) is 12.4 Å². The average molecular weight is 565 g/mol. The van der Waals surface area contributed by atoms with Gasteiger partial charge < -0.3 is 15.0 Å².